The molecule has 0 aliphatic heterocycles. The zero-order chi connectivity index (χ0) is 15.4. The number of aromatic nitrogens is 2. The van der Waals surface area contributed by atoms with E-state index in [-0.39, 0.29) is 5.75 Å². The van der Waals surface area contributed by atoms with Crippen LogP contribution >= 0.6 is 0 Å². The number of anilines is 1. The van der Waals surface area contributed by atoms with Gasteiger partial charge in [0.1, 0.15) is 11.4 Å². The van der Waals surface area contributed by atoms with E-state index in [2.05, 4.69) is 23.7 Å². The summed E-state index contributed by atoms with van der Waals surface area (Å²) in [5.74, 6) is 0.627. The zero-order valence-corrected chi connectivity index (χ0v) is 12.1. The summed E-state index contributed by atoms with van der Waals surface area (Å²) in [5.41, 5.74) is 7.34. The van der Waals surface area contributed by atoms with Crippen LogP contribution in [-0.4, -0.2) is 16.4 Å². The van der Waals surface area contributed by atoms with Gasteiger partial charge in [0.2, 0.25) is 0 Å². The second-order valence-electron chi connectivity index (χ2n) is 5.25. The van der Waals surface area contributed by atoms with Gasteiger partial charge in [0, 0.05) is 18.3 Å². The summed E-state index contributed by atoms with van der Waals surface area (Å²) in [6.45, 7) is 2.11. The number of nitrogens with zero attached hydrogens (tertiary/aromatic N) is 2. The van der Waals surface area contributed by atoms with Crippen molar-refractivity contribution in [3.8, 4) is 17.0 Å². The molecule has 0 saturated carbocycles. The SMILES string of the molecule is CC(C)CCn1cc(N)c(-c2ccccc2OC(F)F)n1. The first-order valence-corrected chi connectivity index (χ1v) is 6.84. The van der Waals surface area contributed by atoms with Crippen molar-refractivity contribution in [2.45, 2.75) is 33.4 Å². The molecule has 2 aromatic rings. The van der Waals surface area contributed by atoms with E-state index < -0.39 is 6.61 Å². The van der Waals surface area contributed by atoms with Crippen LogP contribution in [0.5, 0.6) is 5.75 Å². The van der Waals surface area contributed by atoms with E-state index in [9.17, 15) is 8.78 Å². The summed E-state index contributed by atoms with van der Waals surface area (Å²) >= 11 is 0. The molecule has 1 aromatic carbocycles. The van der Waals surface area contributed by atoms with Gasteiger partial charge in [-0.1, -0.05) is 26.0 Å². The van der Waals surface area contributed by atoms with Gasteiger partial charge in [-0.25, -0.2) is 0 Å². The predicted molar refractivity (Wildman–Crippen MR) is 78.2 cm³/mol. The molecular weight excluding hydrogens is 276 g/mol. The molecule has 6 heteroatoms. The number of aryl methyl sites for hydroxylation is 1. The van der Waals surface area contributed by atoms with Crippen LogP contribution in [0.1, 0.15) is 20.3 Å². The van der Waals surface area contributed by atoms with E-state index in [4.69, 9.17) is 5.73 Å². The van der Waals surface area contributed by atoms with Gasteiger partial charge >= 0.3 is 6.61 Å². The molecule has 0 fully saturated rings. The van der Waals surface area contributed by atoms with E-state index in [0.29, 0.717) is 22.9 Å². The Morgan fingerprint density at radius 1 is 1.29 bits per heavy atom. The van der Waals surface area contributed by atoms with Gasteiger partial charge < -0.3 is 10.5 Å². The minimum atomic E-state index is -2.88. The molecule has 1 aromatic heterocycles. The first kappa shape index (κ1) is 15.3. The molecule has 0 unspecified atom stereocenters. The number of nitrogens with two attached hydrogens (primary N) is 1. The van der Waals surface area contributed by atoms with Gasteiger partial charge in [0.25, 0.3) is 0 Å². The van der Waals surface area contributed by atoms with Crippen molar-refractivity contribution in [2.75, 3.05) is 5.73 Å². The molecule has 4 nitrogen and oxygen atoms in total. The lowest BCUT2D eigenvalue weighted by Crippen LogP contribution is -2.04. The van der Waals surface area contributed by atoms with E-state index in [0.717, 1.165) is 13.0 Å². The molecule has 0 aliphatic carbocycles. The maximum Gasteiger partial charge on any atom is 0.387 e. The lowest BCUT2D eigenvalue weighted by Gasteiger charge is -2.09. The minimum absolute atomic E-state index is 0.0771. The minimum Gasteiger partial charge on any atom is -0.434 e. The van der Waals surface area contributed by atoms with Crippen LogP contribution in [-0.2, 0) is 6.54 Å². The third-order valence-corrected chi connectivity index (χ3v) is 3.08. The monoisotopic (exact) mass is 295 g/mol. The van der Waals surface area contributed by atoms with Gasteiger partial charge in [-0.05, 0) is 24.5 Å². The van der Waals surface area contributed by atoms with E-state index >= 15 is 0 Å². The molecule has 0 spiro atoms. The second kappa shape index (κ2) is 6.56. The Hall–Kier alpha value is -2.11. The highest BCUT2D eigenvalue weighted by atomic mass is 19.3. The molecule has 0 bridgehead atoms. The predicted octanol–water partition coefficient (Wildman–Crippen LogP) is 3.78. The molecule has 0 aliphatic rings. The number of hydrogen-bond acceptors (Lipinski definition) is 3. The van der Waals surface area contributed by atoms with Crippen molar-refractivity contribution in [2.24, 2.45) is 5.92 Å². The van der Waals surface area contributed by atoms with Crippen LogP contribution in [0.25, 0.3) is 11.3 Å². The summed E-state index contributed by atoms with van der Waals surface area (Å²) in [5, 5.41) is 4.39. The molecule has 1 heterocycles. The lowest BCUT2D eigenvalue weighted by atomic mass is 10.1. The van der Waals surface area contributed by atoms with Crippen LogP contribution in [0.4, 0.5) is 14.5 Å². The van der Waals surface area contributed by atoms with Crippen LogP contribution in [0.3, 0.4) is 0 Å². The van der Waals surface area contributed by atoms with Crippen molar-refractivity contribution in [3.05, 3.63) is 30.5 Å². The molecule has 0 radical (unpaired) electrons. The number of benzene rings is 1. The third kappa shape index (κ3) is 3.93. The number of halogens is 2. The Morgan fingerprint density at radius 2 is 2.00 bits per heavy atom. The summed E-state index contributed by atoms with van der Waals surface area (Å²) in [7, 11) is 0. The first-order chi connectivity index (χ1) is 9.97. The Morgan fingerprint density at radius 3 is 2.67 bits per heavy atom. The number of ether oxygens (including phenoxy) is 1. The zero-order valence-electron chi connectivity index (χ0n) is 12.1. The average Bonchev–Trinajstić information content (AvgIpc) is 2.77. The normalized spacial score (nSPS) is 11.3. The molecule has 0 amide bonds. The number of hydrogen-bond donors (Lipinski definition) is 1. The summed E-state index contributed by atoms with van der Waals surface area (Å²) in [6, 6.07) is 6.52. The van der Waals surface area contributed by atoms with Gasteiger partial charge in [0.15, 0.2) is 0 Å². The van der Waals surface area contributed by atoms with Crippen molar-refractivity contribution in [3.63, 3.8) is 0 Å². The Bertz CT molecular complexity index is 596. The third-order valence-electron chi connectivity index (χ3n) is 3.08. The fourth-order valence-corrected chi connectivity index (χ4v) is 2.01. The summed E-state index contributed by atoms with van der Waals surface area (Å²) in [6.07, 6.45) is 2.69. The molecule has 2 rings (SSSR count). The number of nitrogen functional groups attached to an aromatic ring is 1. The fourth-order valence-electron chi connectivity index (χ4n) is 2.01. The van der Waals surface area contributed by atoms with Crippen LogP contribution in [0.15, 0.2) is 30.5 Å². The Balaban J connectivity index is 2.29. The Labute approximate surface area is 122 Å². The molecule has 0 saturated heterocycles. The van der Waals surface area contributed by atoms with Gasteiger partial charge in [0.05, 0.1) is 5.69 Å². The Kier molecular flexibility index (Phi) is 4.77. The first-order valence-electron chi connectivity index (χ1n) is 6.84. The molecular formula is C15H19F2N3O. The molecule has 21 heavy (non-hydrogen) atoms. The quantitative estimate of drug-likeness (QED) is 0.882. The summed E-state index contributed by atoms with van der Waals surface area (Å²) < 4.78 is 31.2. The smallest absolute Gasteiger partial charge is 0.387 e. The van der Waals surface area contributed by atoms with Crippen molar-refractivity contribution < 1.29 is 13.5 Å². The number of alkyl halides is 2. The van der Waals surface area contributed by atoms with Gasteiger partial charge in [-0.3, -0.25) is 4.68 Å². The maximum atomic E-state index is 12.5. The molecule has 114 valence electrons. The average molecular weight is 295 g/mol. The highest BCUT2D eigenvalue weighted by Gasteiger charge is 2.16. The highest BCUT2D eigenvalue weighted by Crippen LogP contribution is 2.33. The fraction of sp³-hybridized carbons (Fsp3) is 0.400. The van der Waals surface area contributed by atoms with Gasteiger partial charge in [-0.15, -0.1) is 0 Å². The number of para-hydroxylation sites is 1. The van der Waals surface area contributed by atoms with Gasteiger partial charge in [-0.2, -0.15) is 13.9 Å². The van der Waals surface area contributed by atoms with Crippen LogP contribution < -0.4 is 10.5 Å². The molecule has 0 atom stereocenters. The standard InChI is InChI=1S/C15H19F2N3O/c1-10(2)7-8-20-9-12(18)14(19-20)11-5-3-4-6-13(11)21-15(16)17/h3-6,9-10,15H,7-8,18H2,1-2H3. The van der Waals surface area contributed by atoms with Crippen molar-refractivity contribution in [1.29, 1.82) is 0 Å². The van der Waals surface area contributed by atoms with Crippen LogP contribution in [0, 0.1) is 5.92 Å². The largest absolute Gasteiger partial charge is 0.434 e. The second-order valence-corrected chi connectivity index (χ2v) is 5.25. The maximum absolute atomic E-state index is 12.5. The van der Waals surface area contributed by atoms with Crippen molar-refractivity contribution in [1.82, 2.24) is 9.78 Å². The highest BCUT2D eigenvalue weighted by molar-refractivity contribution is 5.76. The number of rotatable bonds is 6. The lowest BCUT2D eigenvalue weighted by molar-refractivity contribution is -0.0494. The van der Waals surface area contributed by atoms with E-state index in [1.807, 2.05) is 0 Å². The van der Waals surface area contributed by atoms with Crippen molar-refractivity contribution >= 4 is 5.69 Å². The molecule has 2 N–H and O–H groups in total. The topological polar surface area (TPSA) is 53.1 Å². The van der Waals surface area contributed by atoms with Crippen LogP contribution in [0.2, 0.25) is 0 Å². The van der Waals surface area contributed by atoms with E-state index in [1.54, 1.807) is 29.1 Å². The van der Waals surface area contributed by atoms with E-state index in [1.165, 1.54) is 6.07 Å². The summed E-state index contributed by atoms with van der Waals surface area (Å²) in [4.78, 5) is 0.